The Labute approximate surface area is 194 Å². The third-order valence-corrected chi connectivity index (χ3v) is 5.83. The number of aliphatic hydroxyl groups excluding tert-OH is 2. The second-order valence-electron chi connectivity index (χ2n) is 6.77. The number of phosphoric ester groups is 3. The topological polar surface area (TPSA) is 316 Å². The van der Waals surface area contributed by atoms with Crippen LogP contribution in [0.1, 0.15) is 10.4 Å². The maximum absolute atomic E-state index is 12.5. The van der Waals surface area contributed by atoms with Gasteiger partial charge >= 0.3 is 29.4 Å². The minimum atomic E-state index is -5.58. The van der Waals surface area contributed by atoms with Crippen LogP contribution < -0.4 is 0 Å². The molecule has 1 aromatic carbocycles. The number of rotatable bonds is 9. The van der Waals surface area contributed by atoms with Crippen molar-refractivity contribution in [1.82, 2.24) is 0 Å². The SMILES string of the molecule is [N-]=[N+]=Nc1ccc(C(=O)O[C@H]2[C@@H](O)[C@H](OP(=O)(O)O)[C@@H](OP(=O)(O)O)[C@H](O)[C@H]2OP(=O)(O)O)cc1. The molecule has 1 aliphatic carbocycles. The van der Waals surface area contributed by atoms with E-state index in [0.29, 0.717) is 0 Å². The van der Waals surface area contributed by atoms with Crippen LogP contribution in [0.15, 0.2) is 29.4 Å². The van der Waals surface area contributed by atoms with Crippen molar-refractivity contribution in [3.63, 3.8) is 0 Å². The molecule has 1 fully saturated rings. The number of carbonyl (C=O) groups is 1. The summed E-state index contributed by atoms with van der Waals surface area (Å²) >= 11 is 0. The van der Waals surface area contributed by atoms with Crippen LogP contribution in [-0.2, 0) is 32.0 Å². The number of ether oxygens (including phenoxy) is 1. The summed E-state index contributed by atoms with van der Waals surface area (Å²) < 4.78 is 51.8. The van der Waals surface area contributed by atoms with Crippen LogP contribution >= 0.6 is 23.5 Å². The van der Waals surface area contributed by atoms with E-state index in [1.807, 2.05) is 0 Å². The molecule has 1 aromatic rings. The van der Waals surface area contributed by atoms with Crippen LogP contribution in [-0.4, -0.2) is 82.2 Å². The molecule has 2 rings (SSSR count). The highest BCUT2D eigenvalue weighted by molar-refractivity contribution is 7.46. The van der Waals surface area contributed by atoms with Gasteiger partial charge in [-0.05, 0) is 17.7 Å². The van der Waals surface area contributed by atoms with E-state index in [1.54, 1.807) is 0 Å². The van der Waals surface area contributed by atoms with Gasteiger partial charge in [0.15, 0.2) is 6.10 Å². The third kappa shape index (κ3) is 8.70. The smallest absolute Gasteiger partial charge is 0.453 e. The van der Waals surface area contributed by atoms with Gasteiger partial charge in [0.05, 0.1) is 5.56 Å². The van der Waals surface area contributed by atoms with Gasteiger partial charge < -0.3 is 44.3 Å². The number of esters is 1. The zero-order chi connectivity index (χ0) is 26.8. The Morgan fingerprint density at radius 1 is 0.771 bits per heavy atom. The van der Waals surface area contributed by atoms with Crippen molar-refractivity contribution in [2.75, 3.05) is 0 Å². The summed E-state index contributed by atoms with van der Waals surface area (Å²) in [4.78, 5) is 69.7. The Balaban J connectivity index is 2.48. The van der Waals surface area contributed by atoms with Crippen molar-refractivity contribution in [3.8, 4) is 0 Å². The van der Waals surface area contributed by atoms with Crippen LogP contribution in [0.3, 0.4) is 0 Å². The van der Waals surface area contributed by atoms with Gasteiger partial charge in [0, 0.05) is 10.6 Å². The van der Waals surface area contributed by atoms with Gasteiger partial charge in [-0.15, -0.1) is 0 Å². The van der Waals surface area contributed by atoms with Crippen LogP contribution in [0, 0.1) is 0 Å². The first-order valence-corrected chi connectivity index (χ1v) is 13.4. The molecule has 22 heteroatoms. The first-order valence-electron chi connectivity index (χ1n) is 8.86. The Morgan fingerprint density at radius 3 is 1.51 bits per heavy atom. The van der Waals surface area contributed by atoms with Crippen molar-refractivity contribution in [2.45, 2.75) is 36.6 Å². The molecule has 196 valence electrons. The summed E-state index contributed by atoms with van der Waals surface area (Å²) in [6, 6.07) is 4.46. The molecule has 0 saturated heterocycles. The number of hydrogen-bond acceptors (Lipinski definition) is 11. The number of azide groups is 1. The van der Waals surface area contributed by atoms with Gasteiger partial charge in [0.1, 0.15) is 30.5 Å². The Morgan fingerprint density at radius 2 is 1.14 bits per heavy atom. The monoisotopic (exact) mass is 565 g/mol. The Bertz CT molecular complexity index is 1110. The number of carbonyl (C=O) groups excluding carboxylic acids is 1. The van der Waals surface area contributed by atoms with E-state index in [4.69, 9.17) is 39.6 Å². The summed E-state index contributed by atoms with van der Waals surface area (Å²) in [5.41, 5.74) is 8.18. The van der Waals surface area contributed by atoms with E-state index in [-0.39, 0.29) is 11.3 Å². The molecule has 1 saturated carbocycles. The van der Waals surface area contributed by atoms with Crippen LogP contribution in [0.2, 0.25) is 0 Å². The van der Waals surface area contributed by atoms with Crippen molar-refractivity contribution < 1.29 is 76.4 Å². The number of aliphatic hydroxyl groups is 2. The van der Waals surface area contributed by atoms with Crippen LogP contribution in [0.25, 0.3) is 10.4 Å². The maximum Gasteiger partial charge on any atom is 0.470 e. The average molecular weight is 565 g/mol. The molecule has 6 atom stereocenters. The van der Waals surface area contributed by atoms with Crippen molar-refractivity contribution in [3.05, 3.63) is 40.3 Å². The van der Waals surface area contributed by atoms with Gasteiger partial charge in [-0.3, -0.25) is 13.6 Å². The Hall–Kier alpha value is -1.75. The molecule has 0 bridgehead atoms. The van der Waals surface area contributed by atoms with E-state index in [9.17, 15) is 28.7 Å². The molecule has 1 aliphatic rings. The molecule has 0 unspecified atom stereocenters. The maximum atomic E-state index is 12.5. The lowest BCUT2D eigenvalue weighted by atomic mass is 9.85. The molecule has 0 aromatic heterocycles. The molecule has 0 aliphatic heterocycles. The highest BCUT2D eigenvalue weighted by atomic mass is 31.2. The zero-order valence-electron chi connectivity index (χ0n) is 16.8. The number of hydrogen-bond donors (Lipinski definition) is 8. The number of phosphoric acid groups is 3. The van der Waals surface area contributed by atoms with E-state index in [2.05, 4.69) is 23.6 Å². The second kappa shape index (κ2) is 11.1. The second-order valence-corrected chi connectivity index (χ2v) is 10.3. The van der Waals surface area contributed by atoms with Crippen molar-refractivity contribution >= 4 is 35.1 Å². The normalized spacial score (nSPS) is 27.7. The molecule has 19 nitrogen and oxygen atoms in total. The lowest BCUT2D eigenvalue weighted by Gasteiger charge is -2.45. The van der Waals surface area contributed by atoms with Crippen molar-refractivity contribution in [2.24, 2.45) is 5.11 Å². The third-order valence-electron chi connectivity index (χ3n) is 4.28. The molecule has 0 spiro atoms. The number of benzene rings is 1. The Kier molecular flexibility index (Phi) is 9.36. The molecule has 0 radical (unpaired) electrons. The summed E-state index contributed by atoms with van der Waals surface area (Å²) in [5, 5.41) is 24.3. The fourth-order valence-corrected chi connectivity index (χ4v) is 4.72. The largest absolute Gasteiger partial charge is 0.470 e. The van der Waals surface area contributed by atoms with E-state index < -0.39 is 66.1 Å². The first kappa shape index (κ1) is 29.5. The summed E-state index contributed by atoms with van der Waals surface area (Å²) in [5.74, 6) is -1.34. The fraction of sp³-hybridized carbons (Fsp3) is 0.462. The van der Waals surface area contributed by atoms with Gasteiger partial charge in [0.25, 0.3) is 0 Å². The molecule has 8 N–H and O–H groups in total. The van der Waals surface area contributed by atoms with Crippen LogP contribution in [0.4, 0.5) is 5.69 Å². The molecule has 0 amide bonds. The lowest BCUT2D eigenvalue weighted by molar-refractivity contribution is -0.212. The quantitative estimate of drug-likeness (QED) is 0.0604. The minimum absolute atomic E-state index is 0.0763. The van der Waals surface area contributed by atoms with Gasteiger partial charge in [-0.2, -0.15) is 0 Å². The predicted octanol–water partition coefficient (Wildman–Crippen LogP) is -0.677. The highest BCUT2D eigenvalue weighted by Gasteiger charge is 2.58. The average Bonchev–Trinajstić information content (AvgIpc) is 2.69. The molecule has 0 heterocycles. The summed E-state index contributed by atoms with van der Waals surface area (Å²) in [6.45, 7) is 0. The van der Waals surface area contributed by atoms with Gasteiger partial charge in [-0.25, -0.2) is 18.5 Å². The zero-order valence-corrected chi connectivity index (χ0v) is 19.5. The first-order chi connectivity index (χ1) is 15.9. The fourth-order valence-electron chi connectivity index (χ4n) is 3.04. The van der Waals surface area contributed by atoms with E-state index in [1.165, 1.54) is 0 Å². The summed E-state index contributed by atoms with van der Waals surface area (Å²) in [7, 11) is -16.7. The van der Waals surface area contributed by atoms with Crippen molar-refractivity contribution in [1.29, 1.82) is 0 Å². The molecular formula is C13H18N3O16P3. The minimum Gasteiger partial charge on any atom is -0.453 e. The summed E-state index contributed by atoms with van der Waals surface area (Å²) in [6.07, 6.45) is -15.0. The molecule has 35 heavy (non-hydrogen) atoms. The molecular weight excluding hydrogens is 547 g/mol. The number of nitrogens with zero attached hydrogens (tertiary/aromatic N) is 3. The van der Waals surface area contributed by atoms with E-state index >= 15 is 0 Å². The van der Waals surface area contributed by atoms with E-state index in [0.717, 1.165) is 24.3 Å². The highest BCUT2D eigenvalue weighted by Crippen LogP contribution is 2.49. The van der Waals surface area contributed by atoms with Crippen LogP contribution in [0.5, 0.6) is 0 Å². The van der Waals surface area contributed by atoms with Gasteiger partial charge in [0.2, 0.25) is 0 Å². The standard InChI is InChI=1S/C13H18N3O16P3/c14-16-15-6-3-1-5(2-4-6)13(19)29-9-7(17)11(31-34(23,24)25)12(32-35(26,27)28)8(18)10(9)30-33(20,21)22/h1-4,7-12,17-18H,(H2,20,21,22)(H2,23,24,25)(H2,26,27,28)/t7-,8-,9+,10-,11+,12+/m1/s1. The lowest BCUT2D eigenvalue weighted by Crippen LogP contribution is -2.66. The van der Waals surface area contributed by atoms with Gasteiger partial charge in [-0.1, -0.05) is 17.2 Å². The predicted molar refractivity (Wildman–Crippen MR) is 107 cm³/mol.